The first kappa shape index (κ1) is 18.9. The Labute approximate surface area is 155 Å². The van der Waals surface area contributed by atoms with Gasteiger partial charge in [-0.1, -0.05) is 28.1 Å². The molecule has 0 aliphatic carbocycles. The van der Waals surface area contributed by atoms with Gasteiger partial charge < -0.3 is 10.6 Å². The topological polar surface area (TPSA) is 84.2 Å². The van der Waals surface area contributed by atoms with Gasteiger partial charge in [0.1, 0.15) is 0 Å². The first-order chi connectivity index (χ1) is 11.3. The summed E-state index contributed by atoms with van der Waals surface area (Å²) in [4.78, 5) is 0.113. The Morgan fingerprint density at radius 3 is 2.46 bits per heavy atom. The normalized spacial score (nSPS) is 11.1. The summed E-state index contributed by atoms with van der Waals surface area (Å²) in [6.07, 6.45) is 0.714. The Morgan fingerprint density at radius 2 is 1.88 bits per heavy atom. The van der Waals surface area contributed by atoms with E-state index < -0.39 is 10.0 Å². The third-order valence-corrected chi connectivity index (χ3v) is 5.43. The van der Waals surface area contributed by atoms with E-state index in [4.69, 9.17) is 17.4 Å². The summed E-state index contributed by atoms with van der Waals surface area (Å²) in [7, 11) is -3.64. The van der Waals surface area contributed by atoms with Gasteiger partial charge in [0.25, 0.3) is 0 Å². The number of thiocarbonyl (C=S) groups is 1. The van der Waals surface area contributed by atoms with Gasteiger partial charge in [0.15, 0.2) is 5.11 Å². The molecule has 4 N–H and O–H groups in total. The van der Waals surface area contributed by atoms with Crippen LogP contribution in [0.1, 0.15) is 11.1 Å². The number of sulfonamides is 1. The molecule has 128 valence electrons. The molecule has 0 bridgehead atoms. The smallest absolute Gasteiger partial charge is 0.238 e. The van der Waals surface area contributed by atoms with Gasteiger partial charge in [0.2, 0.25) is 10.0 Å². The number of benzene rings is 2. The van der Waals surface area contributed by atoms with Crippen molar-refractivity contribution in [1.82, 2.24) is 5.32 Å². The molecule has 0 amide bonds. The highest BCUT2D eigenvalue weighted by Gasteiger charge is 2.06. The molecule has 0 atom stereocenters. The third kappa shape index (κ3) is 5.55. The van der Waals surface area contributed by atoms with Crippen LogP contribution in [-0.2, 0) is 16.4 Å². The minimum Gasteiger partial charge on any atom is -0.362 e. The molecule has 0 aromatic heterocycles. The van der Waals surface area contributed by atoms with E-state index in [1.807, 2.05) is 25.1 Å². The molecule has 0 aliphatic rings. The maximum absolute atomic E-state index is 11.2. The van der Waals surface area contributed by atoms with Crippen LogP contribution < -0.4 is 15.8 Å². The van der Waals surface area contributed by atoms with Crippen LogP contribution in [0.15, 0.2) is 51.8 Å². The third-order valence-electron chi connectivity index (χ3n) is 3.37. The summed E-state index contributed by atoms with van der Waals surface area (Å²) in [5, 5.41) is 11.9. The summed E-state index contributed by atoms with van der Waals surface area (Å²) in [5.41, 5.74) is 3.04. The highest BCUT2D eigenvalue weighted by Crippen LogP contribution is 2.19. The fourth-order valence-electron chi connectivity index (χ4n) is 2.06. The second kappa shape index (κ2) is 8.06. The second-order valence-corrected chi connectivity index (χ2v) is 8.11. The largest absolute Gasteiger partial charge is 0.362 e. The zero-order valence-electron chi connectivity index (χ0n) is 13.0. The lowest BCUT2D eigenvalue weighted by molar-refractivity contribution is 0.598. The number of hydrogen-bond donors (Lipinski definition) is 3. The van der Waals surface area contributed by atoms with Crippen LogP contribution >= 0.6 is 28.1 Å². The molecule has 5 nitrogen and oxygen atoms in total. The Hall–Kier alpha value is -1.48. The van der Waals surface area contributed by atoms with Gasteiger partial charge in [-0.25, -0.2) is 13.6 Å². The first-order valence-electron chi connectivity index (χ1n) is 7.18. The average Bonchev–Trinajstić information content (AvgIpc) is 2.50. The minimum absolute atomic E-state index is 0.113. The number of nitrogens with one attached hydrogen (secondary N) is 2. The standard InChI is InChI=1S/C16H18BrN3O2S2/c1-11-10-13(4-7-15(11)17)20-16(23)19-9-8-12-2-5-14(6-3-12)24(18,21)22/h2-7,10H,8-9H2,1H3,(H2,18,21,22)(H2,19,20,23). The molecular weight excluding hydrogens is 410 g/mol. The van der Waals surface area contributed by atoms with Crippen molar-refractivity contribution in [3.05, 3.63) is 58.1 Å². The summed E-state index contributed by atoms with van der Waals surface area (Å²) < 4.78 is 23.5. The van der Waals surface area contributed by atoms with Gasteiger partial charge >= 0.3 is 0 Å². The van der Waals surface area contributed by atoms with Crippen LogP contribution in [0.5, 0.6) is 0 Å². The van der Waals surface area contributed by atoms with Crippen molar-refractivity contribution in [3.8, 4) is 0 Å². The molecule has 0 spiro atoms. The molecule has 0 radical (unpaired) electrons. The van der Waals surface area contributed by atoms with E-state index in [1.54, 1.807) is 12.1 Å². The van der Waals surface area contributed by atoms with Crippen LogP contribution in [0.4, 0.5) is 5.69 Å². The lowest BCUT2D eigenvalue weighted by atomic mass is 10.1. The molecule has 0 aliphatic heterocycles. The predicted molar refractivity (Wildman–Crippen MR) is 105 cm³/mol. The SMILES string of the molecule is Cc1cc(NC(=S)NCCc2ccc(S(N)(=O)=O)cc2)ccc1Br. The van der Waals surface area contributed by atoms with Crippen molar-refractivity contribution in [1.29, 1.82) is 0 Å². The van der Waals surface area contributed by atoms with E-state index in [-0.39, 0.29) is 4.90 Å². The monoisotopic (exact) mass is 427 g/mol. The van der Waals surface area contributed by atoms with E-state index in [9.17, 15) is 8.42 Å². The fraction of sp³-hybridized carbons (Fsp3) is 0.188. The maximum atomic E-state index is 11.2. The molecule has 8 heteroatoms. The Balaban J connectivity index is 1.83. The Kier molecular flexibility index (Phi) is 6.34. The van der Waals surface area contributed by atoms with Gasteiger partial charge in [-0.2, -0.15) is 0 Å². The van der Waals surface area contributed by atoms with Crippen LogP contribution in [0.3, 0.4) is 0 Å². The summed E-state index contributed by atoms with van der Waals surface area (Å²) in [6, 6.07) is 12.4. The number of halogens is 1. The highest BCUT2D eigenvalue weighted by atomic mass is 79.9. The van der Waals surface area contributed by atoms with Gasteiger partial charge in [0, 0.05) is 16.7 Å². The van der Waals surface area contributed by atoms with E-state index in [0.29, 0.717) is 18.1 Å². The van der Waals surface area contributed by atoms with Crippen molar-refractivity contribution in [2.45, 2.75) is 18.2 Å². The van der Waals surface area contributed by atoms with E-state index in [1.165, 1.54) is 12.1 Å². The van der Waals surface area contributed by atoms with Crippen molar-refractivity contribution >= 4 is 49.0 Å². The van der Waals surface area contributed by atoms with E-state index in [0.717, 1.165) is 21.3 Å². The van der Waals surface area contributed by atoms with Crippen molar-refractivity contribution < 1.29 is 8.42 Å². The van der Waals surface area contributed by atoms with E-state index in [2.05, 4.69) is 26.6 Å². The number of primary sulfonamides is 1. The molecule has 0 unspecified atom stereocenters. The van der Waals surface area contributed by atoms with Crippen molar-refractivity contribution in [2.24, 2.45) is 5.14 Å². The lowest BCUT2D eigenvalue weighted by Crippen LogP contribution is -2.30. The summed E-state index contributed by atoms with van der Waals surface area (Å²) in [5.74, 6) is 0. The number of rotatable bonds is 5. The predicted octanol–water partition coefficient (Wildman–Crippen LogP) is 2.93. The fourth-order valence-corrected chi connectivity index (χ4v) is 3.05. The number of hydrogen-bond acceptors (Lipinski definition) is 3. The van der Waals surface area contributed by atoms with Crippen LogP contribution in [-0.4, -0.2) is 20.1 Å². The second-order valence-electron chi connectivity index (χ2n) is 5.28. The maximum Gasteiger partial charge on any atom is 0.238 e. The molecule has 0 fully saturated rings. The van der Waals surface area contributed by atoms with Crippen molar-refractivity contribution in [3.63, 3.8) is 0 Å². The van der Waals surface area contributed by atoms with E-state index >= 15 is 0 Å². The molecule has 0 heterocycles. The van der Waals surface area contributed by atoms with Gasteiger partial charge in [-0.15, -0.1) is 0 Å². The van der Waals surface area contributed by atoms with Crippen LogP contribution in [0, 0.1) is 6.92 Å². The number of aryl methyl sites for hydroxylation is 1. The number of nitrogens with two attached hydrogens (primary N) is 1. The van der Waals surface area contributed by atoms with Gasteiger partial charge in [-0.3, -0.25) is 0 Å². The van der Waals surface area contributed by atoms with Gasteiger partial charge in [-0.05, 0) is 67.0 Å². The van der Waals surface area contributed by atoms with Crippen LogP contribution in [0.2, 0.25) is 0 Å². The zero-order chi connectivity index (χ0) is 17.7. The Bertz CT molecular complexity index is 837. The molecule has 24 heavy (non-hydrogen) atoms. The Morgan fingerprint density at radius 1 is 1.21 bits per heavy atom. The minimum atomic E-state index is -3.64. The molecule has 2 aromatic carbocycles. The molecule has 2 rings (SSSR count). The van der Waals surface area contributed by atoms with Crippen LogP contribution in [0.25, 0.3) is 0 Å². The molecule has 0 saturated carbocycles. The lowest BCUT2D eigenvalue weighted by Gasteiger charge is -2.11. The molecule has 2 aromatic rings. The summed E-state index contributed by atoms with van der Waals surface area (Å²) >= 11 is 8.73. The quantitative estimate of drug-likeness (QED) is 0.638. The van der Waals surface area contributed by atoms with Gasteiger partial charge in [0.05, 0.1) is 4.90 Å². The van der Waals surface area contributed by atoms with Crippen molar-refractivity contribution in [2.75, 3.05) is 11.9 Å². The number of anilines is 1. The average molecular weight is 428 g/mol. The first-order valence-corrected chi connectivity index (χ1v) is 9.93. The zero-order valence-corrected chi connectivity index (χ0v) is 16.3. The highest BCUT2D eigenvalue weighted by molar-refractivity contribution is 9.10. The summed E-state index contributed by atoms with van der Waals surface area (Å²) in [6.45, 7) is 2.65. The molecular formula is C16H18BrN3O2S2. The molecule has 0 saturated heterocycles.